The van der Waals surface area contributed by atoms with Gasteiger partial charge in [0.15, 0.2) is 0 Å². The highest BCUT2D eigenvalue weighted by atomic mass is 16.6. The SMILES string of the molecule is CC(C)(C)OC(=O)NCC(O)C(O)c1c(-c2ccccc2)[nH]c2ccccc12. The lowest BCUT2D eigenvalue weighted by Crippen LogP contribution is -2.38. The van der Waals surface area contributed by atoms with E-state index in [0.29, 0.717) is 5.56 Å². The molecule has 0 aliphatic carbocycles. The highest BCUT2D eigenvalue weighted by Gasteiger charge is 2.27. The number of fused-ring (bicyclic) bond motifs is 1. The fourth-order valence-corrected chi connectivity index (χ4v) is 3.11. The minimum atomic E-state index is -1.20. The van der Waals surface area contributed by atoms with E-state index >= 15 is 0 Å². The summed E-state index contributed by atoms with van der Waals surface area (Å²) in [5.74, 6) is 0. The van der Waals surface area contributed by atoms with Crippen molar-refractivity contribution in [3.05, 3.63) is 60.2 Å². The Balaban J connectivity index is 1.86. The van der Waals surface area contributed by atoms with Gasteiger partial charge < -0.3 is 25.3 Å². The zero-order chi connectivity index (χ0) is 20.3. The molecule has 0 aliphatic heterocycles. The minimum absolute atomic E-state index is 0.135. The fourth-order valence-electron chi connectivity index (χ4n) is 3.11. The van der Waals surface area contributed by atoms with E-state index in [0.717, 1.165) is 22.2 Å². The zero-order valence-electron chi connectivity index (χ0n) is 16.3. The van der Waals surface area contributed by atoms with E-state index in [1.807, 2.05) is 54.6 Å². The van der Waals surface area contributed by atoms with Gasteiger partial charge in [-0.15, -0.1) is 0 Å². The molecule has 0 radical (unpaired) electrons. The third kappa shape index (κ3) is 4.52. The van der Waals surface area contributed by atoms with Gasteiger partial charge in [0.1, 0.15) is 17.8 Å². The number of para-hydroxylation sites is 1. The second-order valence-electron chi connectivity index (χ2n) is 7.72. The van der Waals surface area contributed by atoms with Crippen LogP contribution in [0.4, 0.5) is 4.79 Å². The molecule has 2 atom stereocenters. The number of nitrogens with one attached hydrogen (secondary N) is 2. The molecule has 0 aliphatic rings. The summed E-state index contributed by atoms with van der Waals surface area (Å²) in [7, 11) is 0. The van der Waals surface area contributed by atoms with Crippen LogP contribution in [0.5, 0.6) is 0 Å². The van der Waals surface area contributed by atoms with Gasteiger partial charge in [-0.3, -0.25) is 0 Å². The fraction of sp³-hybridized carbons (Fsp3) is 0.318. The van der Waals surface area contributed by atoms with Crippen LogP contribution in [0.25, 0.3) is 22.2 Å². The molecular formula is C22H26N2O4. The summed E-state index contributed by atoms with van der Waals surface area (Å²) >= 11 is 0. The molecule has 3 aromatic rings. The number of carbonyl (C=O) groups excluding carboxylic acids is 1. The molecule has 1 heterocycles. The zero-order valence-corrected chi connectivity index (χ0v) is 16.3. The molecule has 4 N–H and O–H groups in total. The number of benzene rings is 2. The van der Waals surface area contributed by atoms with Crippen molar-refractivity contribution in [2.24, 2.45) is 0 Å². The van der Waals surface area contributed by atoms with Crippen molar-refractivity contribution in [1.29, 1.82) is 0 Å². The third-order valence-electron chi connectivity index (χ3n) is 4.32. The Labute approximate surface area is 164 Å². The second kappa shape index (κ2) is 8.04. The number of alkyl carbamates (subject to hydrolysis) is 1. The van der Waals surface area contributed by atoms with Gasteiger partial charge in [0.2, 0.25) is 0 Å². The summed E-state index contributed by atoms with van der Waals surface area (Å²) in [6.45, 7) is 5.14. The normalized spacial score (nSPS) is 13.9. The lowest BCUT2D eigenvalue weighted by Gasteiger charge is -2.22. The first-order chi connectivity index (χ1) is 13.3. The van der Waals surface area contributed by atoms with Crippen molar-refractivity contribution in [2.75, 3.05) is 6.54 Å². The largest absolute Gasteiger partial charge is 0.444 e. The highest BCUT2D eigenvalue weighted by Crippen LogP contribution is 2.35. The molecule has 1 aromatic heterocycles. The smallest absolute Gasteiger partial charge is 0.407 e. The summed E-state index contributed by atoms with van der Waals surface area (Å²) in [5, 5.41) is 24.8. The van der Waals surface area contributed by atoms with Crippen molar-refractivity contribution in [2.45, 2.75) is 38.6 Å². The number of aliphatic hydroxyl groups excluding tert-OH is 2. The van der Waals surface area contributed by atoms with Gasteiger partial charge in [-0.25, -0.2) is 4.79 Å². The minimum Gasteiger partial charge on any atom is -0.444 e. The maximum Gasteiger partial charge on any atom is 0.407 e. The van der Waals surface area contributed by atoms with Gasteiger partial charge in [0, 0.05) is 23.0 Å². The molecule has 6 heteroatoms. The van der Waals surface area contributed by atoms with Crippen LogP contribution < -0.4 is 5.32 Å². The Hall–Kier alpha value is -2.83. The van der Waals surface area contributed by atoms with E-state index in [1.54, 1.807) is 20.8 Å². The molecule has 148 valence electrons. The summed E-state index contributed by atoms with van der Waals surface area (Å²) in [6.07, 6.45) is -3.03. The number of hydrogen-bond acceptors (Lipinski definition) is 4. The van der Waals surface area contributed by atoms with E-state index < -0.39 is 23.9 Å². The maximum absolute atomic E-state index is 11.8. The van der Waals surface area contributed by atoms with Gasteiger partial charge in [-0.05, 0) is 32.4 Å². The first-order valence-electron chi connectivity index (χ1n) is 9.25. The van der Waals surface area contributed by atoms with Crippen LogP contribution in [0.3, 0.4) is 0 Å². The molecule has 3 rings (SSSR count). The first-order valence-corrected chi connectivity index (χ1v) is 9.25. The van der Waals surface area contributed by atoms with Crippen LogP contribution in [0.1, 0.15) is 32.4 Å². The van der Waals surface area contributed by atoms with Crippen molar-refractivity contribution >= 4 is 17.0 Å². The van der Waals surface area contributed by atoms with Gasteiger partial charge in [0.25, 0.3) is 0 Å². The summed E-state index contributed by atoms with van der Waals surface area (Å²) in [4.78, 5) is 15.2. The summed E-state index contributed by atoms with van der Waals surface area (Å²) in [5.41, 5.74) is 2.47. The number of amides is 1. The Morgan fingerprint density at radius 3 is 2.39 bits per heavy atom. The third-order valence-corrected chi connectivity index (χ3v) is 4.32. The number of aromatic nitrogens is 1. The van der Waals surface area contributed by atoms with Crippen molar-refractivity contribution in [1.82, 2.24) is 10.3 Å². The Kier molecular flexibility index (Phi) is 5.72. The average Bonchev–Trinajstić information content (AvgIpc) is 3.04. The topological polar surface area (TPSA) is 94.6 Å². The van der Waals surface area contributed by atoms with E-state index in [9.17, 15) is 15.0 Å². The number of carbonyl (C=O) groups is 1. The predicted molar refractivity (Wildman–Crippen MR) is 109 cm³/mol. The van der Waals surface area contributed by atoms with E-state index in [4.69, 9.17) is 4.74 Å². The summed E-state index contributed by atoms with van der Waals surface area (Å²) in [6, 6.07) is 17.2. The molecule has 28 heavy (non-hydrogen) atoms. The van der Waals surface area contributed by atoms with Crippen LogP contribution in [0.2, 0.25) is 0 Å². The maximum atomic E-state index is 11.8. The Morgan fingerprint density at radius 2 is 1.71 bits per heavy atom. The van der Waals surface area contributed by atoms with Gasteiger partial charge in [-0.1, -0.05) is 48.5 Å². The van der Waals surface area contributed by atoms with Gasteiger partial charge >= 0.3 is 6.09 Å². The number of aliphatic hydroxyl groups is 2. The van der Waals surface area contributed by atoms with Gasteiger partial charge in [-0.2, -0.15) is 0 Å². The Bertz CT molecular complexity index is 944. The molecule has 0 fully saturated rings. The van der Waals surface area contributed by atoms with Crippen LogP contribution in [0, 0.1) is 0 Å². The number of rotatable bonds is 5. The van der Waals surface area contributed by atoms with Crippen molar-refractivity contribution < 1.29 is 19.7 Å². The predicted octanol–water partition coefficient (Wildman–Crippen LogP) is 3.75. The molecular weight excluding hydrogens is 356 g/mol. The van der Waals surface area contributed by atoms with Crippen LogP contribution >= 0.6 is 0 Å². The van der Waals surface area contributed by atoms with Crippen molar-refractivity contribution in [3.8, 4) is 11.3 Å². The highest BCUT2D eigenvalue weighted by molar-refractivity contribution is 5.91. The molecule has 2 unspecified atom stereocenters. The standard InChI is InChI=1S/C22H26N2O4/c1-22(2,3)28-21(27)23-13-17(25)20(26)18-15-11-7-8-12-16(15)24-19(18)14-9-5-4-6-10-14/h4-12,17,20,24-26H,13H2,1-3H3,(H,23,27). The van der Waals surface area contributed by atoms with Crippen LogP contribution in [-0.2, 0) is 4.74 Å². The average molecular weight is 382 g/mol. The van der Waals surface area contributed by atoms with E-state index in [1.165, 1.54) is 0 Å². The second-order valence-corrected chi connectivity index (χ2v) is 7.72. The van der Waals surface area contributed by atoms with E-state index in [-0.39, 0.29) is 6.54 Å². The van der Waals surface area contributed by atoms with Gasteiger partial charge in [0.05, 0.1) is 5.69 Å². The molecule has 0 bridgehead atoms. The molecule has 0 saturated heterocycles. The molecule has 2 aromatic carbocycles. The molecule has 0 spiro atoms. The molecule has 0 saturated carbocycles. The lowest BCUT2D eigenvalue weighted by atomic mass is 9.97. The summed E-state index contributed by atoms with van der Waals surface area (Å²) < 4.78 is 5.17. The van der Waals surface area contributed by atoms with Crippen molar-refractivity contribution in [3.63, 3.8) is 0 Å². The monoisotopic (exact) mass is 382 g/mol. The van der Waals surface area contributed by atoms with E-state index in [2.05, 4.69) is 10.3 Å². The molecule has 1 amide bonds. The number of ether oxygens (including phenoxy) is 1. The Morgan fingerprint density at radius 1 is 1.07 bits per heavy atom. The number of aromatic amines is 1. The quantitative estimate of drug-likeness (QED) is 0.540. The van der Waals surface area contributed by atoms with Crippen LogP contribution in [0.15, 0.2) is 54.6 Å². The number of H-pyrrole nitrogens is 1. The lowest BCUT2D eigenvalue weighted by molar-refractivity contribution is 0.0139. The number of hydrogen-bond donors (Lipinski definition) is 4. The molecule has 6 nitrogen and oxygen atoms in total. The first kappa shape index (κ1) is 19.9. The van der Waals surface area contributed by atoms with Crippen LogP contribution in [-0.4, -0.2) is 39.5 Å².